The highest BCUT2D eigenvalue weighted by atomic mass is 79.9. The summed E-state index contributed by atoms with van der Waals surface area (Å²) in [7, 11) is 1.47. The van der Waals surface area contributed by atoms with Gasteiger partial charge in [0.2, 0.25) is 5.91 Å². The van der Waals surface area contributed by atoms with Gasteiger partial charge in [0.15, 0.2) is 17.6 Å². The number of hydrogen-bond donors (Lipinski definition) is 0. The highest BCUT2D eigenvalue weighted by Crippen LogP contribution is 2.48. The van der Waals surface area contributed by atoms with Crippen LogP contribution in [0.5, 0.6) is 11.5 Å². The number of para-hydroxylation sites is 1. The van der Waals surface area contributed by atoms with Gasteiger partial charge in [0.05, 0.1) is 30.1 Å². The lowest BCUT2D eigenvalue weighted by Gasteiger charge is -2.29. The van der Waals surface area contributed by atoms with E-state index in [0.717, 1.165) is 4.47 Å². The Balaban J connectivity index is 1.38. The molecule has 0 saturated carbocycles. The zero-order chi connectivity index (χ0) is 27.8. The number of esters is 1. The molecule has 6 rings (SSSR count). The van der Waals surface area contributed by atoms with Crippen LogP contribution in [0.4, 0.5) is 11.4 Å². The predicted octanol–water partition coefficient (Wildman–Crippen LogP) is 5.73. The molecule has 3 atom stereocenters. The zero-order valence-electron chi connectivity index (χ0n) is 21.3. The highest BCUT2D eigenvalue weighted by molar-refractivity contribution is 9.10. The van der Waals surface area contributed by atoms with Crippen LogP contribution >= 0.6 is 15.9 Å². The van der Waals surface area contributed by atoms with E-state index < -0.39 is 29.9 Å². The van der Waals surface area contributed by atoms with Gasteiger partial charge in [-0.05, 0) is 66.2 Å². The molecule has 40 heavy (non-hydrogen) atoms. The molecule has 0 radical (unpaired) electrons. The van der Waals surface area contributed by atoms with Crippen LogP contribution in [0.1, 0.15) is 22.0 Å². The SMILES string of the molecule is COc1cc([C@@H]2[C@@H]3C(=O)N(c4ccc(Br)cc4)C(=O)[C@H]3ON2c2ccccc2)ccc1OC(=O)c1ccccc1. The molecule has 4 aromatic rings. The maximum Gasteiger partial charge on any atom is 0.343 e. The third-order valence-corrected chi connectivity index (χ3v) is 7.48. The molecule has 2 fully saturated rings. The first-order valence-corrected chi connectivity index (χ1v) is 13.3. The number of benzene rings is 4. The summed E-state index contributed by atoms with van der Waals surface area (Å²) in [4.78, 5) is 47.5. The van der Waals surface area contributed by atoms with E-state index in [1.54, 1.807) is 71.8 Å². The smallest absolute Gasteiger partial charge is 0.343 e. The Hall–Kier alpha value is -4.47. The molecule has 0 bridgehead atoms. The maximum atomic E-state index is 13.9. The molecule has 8 nitrogen and oxygen atoms in total. The minimum Gasteiger partial charge on any atom is -0.493 e. The molecule has 2 aliphatic heterocycles. The fraction of sp³-hybridized carbons (Fsp3) is 0.129. The van der Waals surface area contributed by atoms with Gasteiger partial charge in [0, 0.05) is 4.47 Å². The molecule has 200 valence electrons. The van der Waals surface area contributed by atoms with Crippen molar-refractivity contribution in [3.05, 3.63) is 119 Å². The number of fused-ring (bicyclic) bond motifs is 1. The van der Waals surface area contributed by atoms with E-state index >= 15 is 0 Å². The van der Waals surface area contributed by atoms with Crippen LogP contribution in [0, 0.1) is 5.92 Å². The standard InChI is InChI=1S/C31H23BrN2O6/c1-38-25-18-20(12-17-24(25)39-31(37)19-8-4-2-5-9-19)27-26-28(40-34(27)23-10-6-3-7-11-23)30(36)33(29(26)35)22-15-13-21(32)14-16-22/h2-18,26-28H,1H3/t26-,27+,28-/m0/s1. The highest BCUT2D eigenvalue weighted by Gasteiger charge is 2.60. The van der Waals surface area contributed by atoms with Gasteiger partial charge in [-0.2, -0.15) is 0 Å². The number of carbonyl (C=O) groups is 3. The van der Waals surface area contributed by atoms with Crippen LogP contribution in [-0.4, -0.2) is 31.0 Å². The lowest BCUT2D eigenvalue weighted by atomic mass is 9.90. The molecule has 2 aliphatic rings. The number of hydrogen-bond acceptors (Lipinski definition) is 7. The fourth-order valence-electron chi connectivity index (χ4n) is 5.08. The van der Waals surface area contributed by atoms with Gasteiger partial charge in [-0.25, -0.2) is 14.8 Å². The molecule has 2 amide bonds. The lowest BCUT2D eigenvalue weighted by molar-refractivity contribution is -0.126. The Morgan fingerprint density at radius 3 is 2.15 bits per heavy atom. The van der Waals surface area contributed by atoms with Crippen molar-refractivity contribution >= 4 is 45.1 Å². The number of nitrogens with zero attached hydrogens (tertiary/aromatic N) is 2. The first-order chi connectivity index (χ1) is 19.5. The van der Waals surface area contributed by atoms with Crippen LogP contribution in [0.25, 0.3) is 0 Å². The summed E-state index contributed by atoms with van der Waals surface area (Å²) in [6, 6.07) is 29.3. The van der Waals surface area contributed by atoms with E-state index in [-0.39, 0.29) is 11.7 Å². The van der Waals surface area contributed by atoms with Gasteiger partial charge >= 0.3 is 5.97 Å². The van der Waals surface area contributed by atoms with Crippen molar-refractivity contribution in [1.29, 1.82) is 0 Å². The first-order valence-electron chi connectivity index (χ1n) is 12.6. The molecular formula is C31H23BrN2O6. The molecule has 2 saturated heterocycles. The molecule has 4 aromatic carbocycles. The fourth-order valence-corrected chi connectivity index (χ4v) is 5.35. The summed E-state index contributed by atoms with van der Waals surface area (Å²) in [6.07, 6.45) is -1.01. The van der Waals surface area contributed by atoms with E-state index in [4.69, 9.17) is 14.3 Å². The number of methoxy groups -OCH3 is 1. The van der Waals surface area contributed by atoms with Gasteiger partial charge in [-0.1, -0.05) is 58.4 Å². The van der Waals surface area contributed by atoms with E-state index in [0.29, 0.717) is 28.3 Å². The quantitative estimate of drug-likeness (QED) is 0.159. The summed E-state index contributed by atoms with van der Waals surface area (Å²) in [5.41, 5.74) is 2.23. The predicted molar refractivity (Wildman–Crippen MR) is 151 cm³/mol. The molecule has 2 heterocycles. The summed E-state index contributed by atoms with van der Waals surface area (Å²) in [6.45, 7) is 0. The lowest BCUT2D eigenvalue weighted by Crippen LogP contribution is -2.37. The van der Waals surface area contributed by atoms with Crippen LogP contribution < -0.4 is 19.4 Å². The van der Waals surface area contributed by atoms with Crippen LogP contribution in [0.2, 0.25) is 0 Å². The summed E-state index contributed by atoms with van der Waals surface area (Å²) < 4.78 is 12.0. The molecule has 0 N–H and O–H groups in total. The largest absolute Gasteiger partial charge is 0.493 e. The van der Waals surface area contributed by atoms with Crippen LogP contribution in [0.3, 0.4) is 0 Å². The summed E-state index contributed by atoms with van der Waals surface area (Å²) >= 11 is 3.39. The number of imide groups is 1. The Morgan fingerprint density at radius 1 is 0.800 bits per heavy atom. The van der Waals surface area contributed by atoms with Gasteiger partial charge in [0.25, 0.3) is 5.91 Å². The van der Waals surface area contributed by atoms with Gasteiger partial charge < -0.3 is 9.47 Å². The van der Waals surface area contributed by atoms with E-state index in [1.165, 1.54) is 12.0 Å². The zero-order valence-corrected chi connectivity index (χ0v) is 22.9. The average molecular weight is 599 g/mol. The number of halogens is 1. The normalized spacial score (nSPS) is 20.0. The monoisotopic (exact) mass is 598 g/mol. The number of amides is 2. The first kappa shape index (κ1) is 25.8. The van der Waals surface area contributed by atoms with Crippen molar-refractivity contribution in [3.8, 4) is 11.5 Å². The second-order valence-electron chi connectivity index (χ2n) is 9.31. The minimum absolute atomic E-state index is 0.229. The Kier molecular flexibility index (Phi) is 6.83. The molecule has 0 aromatic heterocycles. The van der Waals surface area contributed by atoms with Crippen LogP contribution in [-0.2, 0) is 14.4 Å². The van der Waals surface area contributed by atoms with Crippen molar-refractivity contribution in [2.45, 2.75) is 12.1 Å². The average Bonchev–Trinajstić information content (AvgIpc) is 3.50. The second kappa shape index (κ2) is 10.6. The van der Waals surface area contributed by atoms with E-state index in [2.05, 4.69) is 15.9 Å². The van der Waals surface area contributed by atoms with Gasteiger partial charge in [-0.3, -0.25) is 14.4 Å². The third kappa shape index (κ3) is 4.53. The van der Waals surface area contributed by atoms with E-state index in [9.17, 15) is 14.4 Å². The van der Waals surface area contributed by atoms with Crippen molar-refractivity contribution in [2.24, 2.45) is 5.92 Å². The van der Waals surface area contributed by atoms with E-state index in [1.807, 2.05) is 36.4 Å². The minimum atomic E-state index is -1.01. The number of hydroxylamine groups is 1. The number of anilines is 2. The molecule has 0 aliphatic carbocycles. The topological polar surface area (TPSA) is 85.4 Å². The summed E-state index contributed by atoms with van der Waals surface area (Å²) in [5, 5.41) is 1.61. The van der Waals surface area contributed by atoms with Crippen LogP contribution in [0.15, 0.2) is 108 Å². The number of rotatable bonds is 6. The molecule has 9 heteroatoms. The Bertz CT molecular complexity index is 1580. The van der Waals surface area contributed by atoms with Crippen molar-refractivity contribution in [1.82, 2.24) is 0 Å². The Morgan fingerprint density at radius 2 is 1.48 bits per heavy atom. The molecular weight excluding hydrogens is 576 g/mol. The maximum absolute atomic E-state index is 13.9. The summed E-state index contributed by atoms with van der Waals surface area (Å²) in [5.74, 6) is -1.60. The van der Waals surface area contributed by atoms with Gasteiger partial charge in [0.1, 0.15) is 5.92 Å². The van der Waals surface area contributed by atoms with Crippen molar-refractivity contribution in [3.63, 3.8) is 0 Å². The van der Waals surface area contributed by atoms with Gasteiger partial charge in [-0.15, -0.1) is 0 Å². The number of ether oxygens (including phenoxy) is 2. The molecule has 0 spiro atoms. The van der Waals surface area contributed by atoms with Crippen molar-refractivity contribution < 1.29 is 28.7 Å². The molecule has 0 unspecified atom stereocenters. The van der Waals surface area contributed by atoms with Crippen molar-refractivity contribution in [2.75, 3.05) is 17.1 Å². The third-order valence-electron chi connectivity index (χ3n) is 6.95. The second-order valence-corrected chi connectivity index (χ2v) is 10.2. The number of carbonyl (C=O) groups excluding carboxylic acids is 3. The Labute approximate surface area is 238 Å².